The second-order valence-corrected chi connectivity index (χ2v) is 9.48. The van der Waals surface area contributed by atoms with Crippen molar-refractivity contribution in [3.05, 3.63) is 114 Å². The minimum Gasteiger partial charge on any atom is -0.496 e. The van der Waals surface area contributed by atoms with Gasteiger partial charge in [-0.1, -0.05) is 78.9 Å². The Labute approximate surface area is 221 Å². The predicted molar refractivity (Wildman–Crippen MR) is 157 cm³/mol. The van der Waals surface area contributed by atoms with Gasteiger partial charge in [-0.25, -0.2) is 0 Å². The number of methoxy groups -OCH3 is 1. The quantitative estimate of drug-likeness (QED) is 0.242. The minimum absolute atomic E-state index is 0.194. The highest BCUT2D eigenvalue weighted by Crippen LogP contribution is 2.42. The number of amides is 1. The number of aryl methyl sites for hydroxylation is 1. The van der Waals surface area contributed by atoms with E-state index in [0.29, 0.717) is 5.75 Å². The third kappa shape index (κ3) is 4.00. The number of ether oxygens (including phenoxy) is 1. The molecule has 0 aliphatic rings. The number of allylic oxidation sites excluding steroid dienone is 1. The Bertz CT molecular complexity index is 1870. The van der Waals surface area contributed by atoms with Gasteiger partial charge in [0.15, 0.2) is 0 Å². The third-order valence-electron chi connectivity index (χ3n) is 7.15. The second-order valence-electron chi connectivity index (χ2n) is 9.48. The van der Waals surface area contributed by atoms with Crippen LogP contribution in [0.5, 0.6) is 5.75 Å². The molecule has 5 aromatic carbocycles. The van der Waals surface area contributed by atoms with E-state index >= 15 is 0 Å². The molecule has 1 amide bonds. The molecule has 0 atom stereocenters. The first-order valence-electron chi connectivity index (χ1n) is 12.6. The maximum atomic E-state index is 13.1. The average molecular weight is 498 g/mol. The number of carbonyl (C=O) groups excluding carboxylic acids is 1. The van der Waals surface area contributed by atoms with Crippen LogP contribution in [0.4, 0.5) is 5.69 Å². The Morgan fingerprint density at radius 3 is 2.24 bits per heavy atom. The van der Waals surface area contributed by atoms with Gasteiger partial charge in [0.2, 0.25) is 5.91 Å². The van der Waals surface area contributed by atoms with Crippen molar-refractivity contribution >= 4 is 49.7 Å². The highest BCUT2D eigenvalue weighted by atomic mass is 16.5. The minimum atomic E-state index is -0.194. The van der Waals surface area contributed by atoms with Crippen molar-refractivity contribution in [2.24, 2.45) is 0 Å². The van der Waals surface area contributed by atoms with E-state index in [-0.39, 0.29) is 5.91 Å². The van der Waals surface area contributed by atoms with Gasteiger partial charge < -0.3 is 14.5 Å². The molecule has 1 heterocycles. The Morgan fingerprint density at radius 2 is 1.47 bits per heavy atom. The predicted octanol–water partition coefficient (Wildman–Crippen LogP) is 8.77. The van der Waals surface area contributed by atoms with Gasteiger partial charge in [0.05, 0.1) is 13.4 Å². The van der Waals surface area contributed by atoms with Gasteiger partial charge in [-0.15, -0.1) is 0 Å². The van der Waals surface area contributed by atoms with Crippen LogP contribution in [-0.4, -0.2) is 13.0 Å². The second kappa shape index (κ2) is 9.56. The molecule has 0 aliphatic heterocycles. The SMILES string of the molecule is COc1c(/C(C)=C/C(=O)Nc2cccc3ccccc23)cc2c(-c3cccc4ccccc34)coc2c1C. The van der Waals surface area contributed by atoms with Crippen molar-refractivity contribution < 1.29 is 13.9 Å². The lowest BCUT2D eigenvalue weighted by atomic mass is 9.94. The normalized spacial score (nSPS) is 11.8. The molecule has 38 heavy (non-hydrogen) atoms. The van der Waals surface area contributed by atoms with Gasteiger partial charge >= 0.3 is 0 Å². The van der Waals surface area contributed by atoms with E-state index in [9.17, 15) is 4.79 Å². The van der Waals surface area contributed by atoms with Gasteiger partial charge in [-0.2, -0.15) is 0 Å². The fourth-order valence-electron chi connectivity index (χ4n) is 5.32. The maximum Gasteiger partial charge on any atom is 0.248 e. The molecular formula is C34H27NO3. The van der Waals surface area contributed by atoms with Crippen LogP contribution in [0.1, 0.15) is 18.1 Å². The summed E-state index contributed by atoms with van der Waals surface area (Å²) in [6.07, 6.45) is 3.44. The van der Waals surface area contributed by atoms with Gasteiger partial charge in [0.25, 0.3) is 0 Å². The summed E-state index contributed by atoms with van der Waals surface area (Å²) in [6, 6.07) is 30.6. The summed E-state index contributed by atoms with van der Waals surface area (Å²) in [7, 11) is 1.65. The zero-order valence-corrected chi connectivity index (χ0v) is 21.5. The first kappa shape index (κ1) is 23.6. The van der Waals surface area contributed by atoms with E-state index in [4.69, 9.17) is 9.15 Å². The summed E-state index contributed by atoms with van der Waals surface area (Å²) in [5.41, 5.74) is 6.23. The molecule has 0 radical (unpaired) electrons. The Kier molecular flexibility index (Phi) is 5.93. The Morgan fingerprint density at radius 1 is 0.816 bits per heavy atom. The molecule has 0 unspecified atom stereocenters. The Balaban J connectivity index is 1.44. The molecule has 6 rings (SSSR count). The summed E-state index contributed by atoms with van der Waals surface area (Å²) in [6.45, 7) is 3.92. The van der Waals surface area contributed by atoms with Crippen molar-refractivity contribution in [3.63, 3.8) is 0 Å². The third-order valence-corrected chi connectivity index (χ3v) is 7.15. The first-order valence-corrected chi connectivity index (χ1v) is 12.6. The first-order chi connectivity index (χ1) is 18.5. The zero-order chi connectivity index (χ0) is 26.2. The summed E-state index contributed by atoms with van der Waals surface area (Å²) in [5.74, 6) is 0.503. The molecule has 0 aliphatic carbocycles. The monoisotopic (exact) mass is 497 g/mol. The molecule has 6 aromatic rings. The summed E-state index contributed by atoms with van der Waals surface area (Å²) >= 11 is 0. The van der Waals surface area contributed by atoms with E-state index in [2.05, 4.69) is 47.8 Å². The van der Waals surface area contributed by atoms with Crippen LogP contribution in [-0.2, 0) is 4.79 Å². The van der Waals surface area contributed by atoms with Crippen LogP contribution in [0.25, 0.3) is 49.2 Å². The van der Waals surface area contributed by atoms with Crippen molar-refractivity contribution in [1.82, 2.24) is 0 Å². The summed E-state index contributed by atoms with van der Waals surface area (Å²) in [4.78, 5) is 13.1. The average Bonchev–Trinajstić information content (AvgIpc) is 3.37. The molecule has 0 saturated carbocycles. The van der Waals surface area contributed by atoms with Crippen LogP contribution in [0, 0.1) is 6.92 Å². The molecule has 186 valence electrons. The van der Waals surface area contributed by atoms with Gasteiger partial charge in [-0.05, 0) is 53.3 Å². The van der Waals surface area contributed by atoms with E-state index in [1.165, 1.54) is 5.39 Å². The molecule has 0 spiro atoms. The van der Waals surface area contributed by atoms with E-state index in [1.807, 2.05) is 68.6 Å². The largest absolute Gasteiger partial charge is 0.496 e. The molecule has 0 fully saturated rings. The summed E-state index contributed by atoms with van der Waals surface area (Å²) in [5, 5.41) is 8.45. The van der Waals surface area contributed by atoms with Gasteiger partial charge in [0, 0.05) is 39.2 Å². The Hall–Kier alpha value is -4.83. The van der Waals surface area contributed by atoms with Crippen molar-refractivity contribution in [3.8, 4) is 16.9 Å². The van der Waals surface area contributed by atoms with Crippen LogP contribution in [0.15, 0.2) is 108 Å². The van der Waals surface area contributed by atoms with Crippen molar-refractivity contribution in [1.29, 1.82) is 0 Å². The van der Waals surface area contributed by atoms with Crippen LogP contribution in [0.2, 0.25) is 0 Å². The smallest absolute Gasteiger partial charge is 0.248 e. The fourth-order valence-corrected chi connectivity index (χ4v) is 5.32. The lowest BCUT2D eigenvalue weighted by Crippen LogP contribution is -2.09. The zero-order valence-electron chi connectivity index (χ0n) is 21.5. The van der Waals surface area contributed by atoms with Gasteiger partial charge in [-0.3, -0.25) is 4.79 Å². The highest BCUT2D eigenvalue weighted by Gasteiger charge is 2.19. The maximum absolute atomic E-state index is 13.1. The number of rotatable bonds is 5. The number of furan rings is 1. The van der Waals surface area contributed by atoms with Gasteiger partial charge in [0.1, 0.15) is 11.3 Å². The van der Waals surface area contributed by atoms with E-state index in [0.717, 1.165) is 60.6 Å². The number of fused-ring (bicyclic) bond motifs is 3. The lowest BCUT2D eigenvalue weighted by Gasteiger charge is -2.14. The topological polar surface area (TPSA) is 51.5 Å². The lowest BCUT2D eigenvalue weighted by molar-refractivity contribution is -0.111. The number of anilines is 1. The van der Waals surface area contributed by atoms with Crippen LogP contribution < -0.4 is 10.1 Å². The number of carbonyl (C=O) groups is 1. The fraction of sp³-hybridized carbons (Fsp3) is 0.0882. The molecule has 0 bridgehead atoms. The van der Waals surface area contributed by atoms with Crippen LogP contribution >= 0.6 is 0 Å². The number of nitrogens with one attached hydrogen (secondary N) is 1. The summed E-state index contributed by atoms with van der Waals surface area (Å²) < 4.78 is 11.9. The van der Waals surface area contributed by atoms with Crippen molar-refractivity contribution in [2.45, 2.75) is 13.8 Å². The molecule has 1 N–H and O–H groups in total. The standard InChI is InChI=1S/C34H27NO3/c1-21(18-32(36)35-31-17-9-13-24-11-5-7-15-26(24)31)28-19-29-30(20-38-34(29)22(2)33(28)37-3)27-16-8-12-23-10-4-6-14-25(23)27/h4-20H,1-3H3,(H,35,36)/b21-18+. The molecule has 4 nitrogen and oxygen atoms in total. The van der Waals surface area contributed by atoms with E-state index < -0.39 is 0 Å². The van der Waals surface area contributed by atoms with Crippen LogP contribution in [0.3, 0.4) is 0 Å². The molecule has 4 heteroatoms. The van der Waals surface area contributed by atoms with Crippen molar-refractivity contribution in [2.75, 3.05) is 12.4 Å². The van der Waals surface area contributed by atoms with E-state index in [1.54, 1.807) is 13.2 Å². The highest BCUT2D eigenvalue weighted by molar-refractivity contribution is 6.10. The molecule has 0 saturated heterocycles. The number of benzene rings is 5. The number of hydrogen-bond donors (Lipinski definition) is 1. The molecular weight excluding hydrogens is 470 g/mol. The molecule has 1 aromatic heterocycles. The number of hydrogen-bond acceptors (Lipinski definition) is 3.